The van der Waals surface area contributed by atoms with Crippen molar-refractivity contribution in [3.05, 3.63) is 28.2 Å². The van der Waals surface area contributed by atoms with Gasteiger partial charge < -0.3 is 20.8 Å². The van der Waals surface area contributed by atoms with Gasteiger partial charge in [-0.25, -0.2) is 9.59 Å². The summed E-state index contributed by atoms with van der Waals surface area (Å²) in [6.07, 6.45) is -0.0912. The number of rotatable bonds is 5. The number of anilines is 1. The van der Waals surface area contributed by atoms with E-state index in [4.69, 9.17) is 33.4 Å². The second-order valence-electron chi connectivity index (χ2n) is 3.60. The quantitative estimate of drug-likeness (QED) is 0.668. The van der Waals surface area contributed by atoms with E-state index < -0.39 is 18.0 Å². The van der Waals surface area contributed by atoms with Crippen LogP contribution in [0.3, 0.4) is 0 Å². The molecule has 1 rings (SSSR count). The molecule has 0 unspecified atom stereocenters. The zero-order chi connectivity index (χ0) is 14.4. The first-order valence-electron chi connectivity index (χ1n) is 5.31. The number of carboxylic acids is 1. The molecule has 8 heteroatoms. The number of amides is 2. The normalized spacial score (nSPS) is 11.7. The highest BCUT2D eigenvalue weighted by molar-refractivity contribution is 6.43. The summed E-state index contributed by atoms with van der Waals surface area (Å²) in [6.45, 7) is -0.352. The van der Waals surface area contributed by atoms with Crippen molar-refractivity contribution in [2.75, 3.05) is 11.9 Å². The van der Waals surface area contributed by atoms with Crippen LogP contribution in [0.1, 0.15) is 6.42 Å². The van der Waals surface area contributed by atoms with Gasteiger partial charge >= 0.3 is 12.0 Å². The Hall–Kier alpha value is -1.50. The van der Waals surface area contributed by atoms with Crippen LogP contribution in [0.4, 0.5) is 10.5 Å². The molecule has 0 aromatic heterocycles. The van der Waals surface area contributed by atoms with Crippen LogP contribution in [-0.2, 0) is 4.79 Å². The zero-order valence-electron chi connectivity index (χ0n) is 9.69. The van der Waals surface area contributed by atoms with Crippen molar-refractivity contribution in [3.63, 3.8) is 0 Å². The highest BCUT2D eigenvalue weighted by atomic mass is 35.5. The fraction of sp³-hybridized carbons (Fsp3) is 0.273. The molecule has 0 saturated carbocycles. The Morgan fingerprint density at radius 1 is 1.32 bits per heavy atom. The second-order valence-corrected chi connectivity index (χ2v) is 4.39. The molecule has 1 aromatic rings. The highest BCUT2D eigenvalue weighted by Crippen LogP contribution is 2.29. The van der Waals surface area contributed by atoms with E-state index in [0.717, 1.165) is 0 Å². The van der Waals surface area contributed by atoms with Crippen molar-refractivity contribution in [3.8, 4) is 0 Å². The molecule has 6 nitrogen and oxygen atoms in total. The van der Waals surface area contributed by atoms with Crippen LogP contribution in [0.5, 0.6) is 0 Å². The van der Waals surface area contributed by atoms with Crippen molar-refractivity contribution < 1.29 is 19.8 Å². The van der Waals surface area contributed by atoms with Gasteiger partial charge in [0.1, 0.15) is 6.04 Å². The third-order valence-electron chi connectivity index (χ3n) is 2.22. The Bertz CT molecular complexity index is 482. The molecule has 0 spiro atoms. The Balaban J connectivity index is 2.69. The molecule has 4 N–H and O–H groups in total. The number of benzene rings is 1. The number of halogens is 2. The maximum atomic E-state index is 11.6. The minimum atomic E-state index is -1.23. The van der Waals surface area contributed by atoms with E-state index in [2.05, 4.69) is 10.6 Å². The van der Waals surface area contributed by atoms with Crippen LogP contribution < -0.4 is 10.6 Å². The Morgan fingerprint density at radius 3 is 2.58 bits per heavy atom. The molecule has 104 valence electrons. The lowest BCUT2D eigenvalue weighted by molar-refractivity contribution is -0.139. The van der Waals surface area contributed by atoms with Crippen molar-refractivity contribution in [2.24, 2.45) is 0 Å². The van der Waals surface area contributed by atoms with Gasteiger partial charge in [0, 0.05) is 13.0 Å². The number of nitrogens with one attached hydrogen (secondary N) is 2. The van der Waals surface area contributed by atoms with E-state index >= 15 is 0 Å². The minimum absolute atomic E-state index is 0.0912. The van der Waals surface area contributed by atoms with Crippen LogP contribution in [0.15, 0.2) is 18.2 Å². The van der Waals surface area contributed by atoms with Gasteiger partial charge in [0.2, 0.25) is 0 Å². The molecule has 0 heterocycles. The molecule has 1 atom stereocenters. The van der Waals surface area contributed by atoms with Crippen molar-refractivity contribution in [1.29, 1.82) is 0 Å². The van der Waals surface area contributed by atoms with E-state index in [0.29, 0.717) is 0 Å². The maximum Gasteiger partial charge on any atom is 0.326 e. The van der Waals surface area contributed by atoms with Crippen LogP contribution in [0, 0.1) is 0 Å². The molecule has 0 radical (unpaired) electrons. The summed E-state index contributed by atoms with van der Waals surface area (Å²) in [4.78, 5) is 22.4. The lowest BCUT2D eigenvalue weighted by Gasteiger charge is -2.14. The number of carboxylic acid groups (broad SMARTS) is 1. The predicted octanol–water partition coefficient (Wildman–Crippen LogP) is 1.95. The summed E-state index contributed by atoms with van der Waals surface area (Å²) in [5.41, 5.74) is 0.264. The van der Waals surface area contributed by atoms with Gasteiger partial charge in [0.15, 0.2) is 0 Å². The van der Waals surface area contributed by atoms with Gasteiger partial charge in [-0.1, -0.05) is 29.3 Å². The summed E-state index contributed by atoms with van der Waals surface area (Å²) >= 11 is 11.6. The number of aliphatic carboxylic acids is 1. The minimum Gasteiger partial charge on any atom is -0.480 e. The average Bonchev–Trinajstić information content (AvgIpc) is 2.34. The smallest absolute Gasteiger partial charge is 0.326 e. The summed E-state index contributed by atoms with van der Waals surface area (Å²) < 4.78 is 0. The first kappa shape index (κ1) is 15.6. The lowest BCUT2D eigenvalue weighted by atomic mass is 10.2. The van der Waals surface area contributed by atoms with Crippen LogP contribution in [0.2, 0.25) is 10.0 Å². The number of urea groups is 1. The van der Waals surface area contributed by atoms with E-state index in [-0.39, 0.29) is 28.8 Å². The summed E-state index contributed by atoms with van der Waals surface area (Å²) in [7, 11) is 0. The van der Waals surface area contributed by atoms with Gasteiger partial charge in [-0.3, -0.25) is 0 Å². The average molecular weight is 307 g/mol. The Morgan fingerprint density at radius 2 is 2.00 bits per heavy atom. The number of carbonyl (C=O) groups is 2. The van der Waals surface area contributed by atoms with E-state index in [1.807, 2.05) is 0 Å². The van der Waals surface area contributed by atoms with Crippen LogP contribution in [-0.4, -0.2) is 34.9 Å². The number of aliphatic hydroxyl groups is 1. The first-order valence-corrected chi connectivity index (χ1v) is 6.06. The predicted molar refractivity (Wildman–Crippen MR) is 71.7 cm³/mol. The number of hydrogen-bond donors (Lipinski definition) is 4. The van der Waals surface area contributed by atoms with E-state index in [9.17, 15) is 9.59 Å². The molecule has 0 aliphatic rings. The molecule has 19 heavy (non-hydrogen) atoms. The second kappa shape index (κ2) is 7.18. The van der Waals surface area contributed by atoms with Gasteiger partial charge in [0.05, 0.1) is 15.7 Å². The fourth-order valence-corrected chi connectivity index (χ4v) is 1.65. The van der Waals surface area contributed by atoms with E-state index in [1.54, 1.807) is 12.1 Å². The lowest BCUT2D eigenvalue weighted by Crippen LogP contribution is -2.43. The molecule has 1 aromatic carbocycles. The van der Waals surface area contributed by atoms with Crippen LogP contribution >= 0.6 is 23.2 Å². The van der Waals surface area contributed by atoms with Gasteiger partial charge in [-0.2, -0.15) is 0 Å². The highest BCUT2D eigenvalue weighted by Gasteiger charge is 2.19. The molecular formula is C11H12Cl2N2O4. The largest absolute Gasteiger partial charge is 0.480 e. The monoisotopic (exact) mass is 306 g/mol. The molecule has 2 amide bonds. The Kier molecular flexibility index (Phi) is 5.88. The van der Waals surface area contributed by atoms with Crippen molar-refractivity contribution in [2.45, 2.75) is 12.5 Å². The van der Waals surface area contributed by atoms with E-state index in [1.165, 1.54) is 6.07 Å². The molecule has 0 bridgehead atoms. The third-order valence-corrected chi connectivity index (χ3v) is 3.04. The Labute approximate surface area is 119 Å². The number of hydrogen-bond acceptors (Lipinski definition) is 3. The molecule has 0 aliphatic carbocycles. The zero-order valence-corrected chi connectivity index (χ0v) is 11.2. The molecule has 0 fully saturated rings. The summed E-state index contributed by atoms with van der Waals surface area (Å²) in [5.74, 6) is -1.23. The standard InChI is InChI=1S/C11H12Cl2N2O4/c12-6-2-1-3-7(9(6)13)14-11(19)15-8(4-5-16)10(17)18/h1-3,8,16H,4-5H2,(H,17,18)(H2,14,15,19)/t8-/m1/s1. The van der Waals surface area contributed by atoms with Crippen molar-refractivity contribution >= 4 is 40.9 Å². The van der Waals surface area contributed by atoms with Gasteiger partial charge in [-0.15, -0.1) is 0 Å². The molecular weight excluding hydrogens is 295 g/mol. The van der Waals surface area contributed by atoms with Crippen molar-refractivity contribution in [1.82, 2.24) is 5.32 Å². The molecule has 0 aliphatic heterocycles. The summed E-state index contributed by atoms with van der Waals surface area (Å²) in [6, 6.07) is 2.74. The molecule has 0 saturated heterocycles. The number of carbonyl (C=O) groups excluding carboxylic acids is 1. The maximum absolute atomic E-state index is 11.6. The fourth-order valence-electron chi connectivity index (χ4n) is 1.30. The van der Waals surface area contributed by atoms with Gasteiger partial charge in [0.25, 0.3) is 0 Å². The topological polar surface area (TPSA) is 98.7 Å². The first-order chi connectivity index (χ1) is 8.95. The van der Waals surface area contributed by atoms with Crippen LogP contribution in [0.25, 0.3) is 0 Å². The number of aliphatic hydroxyl groups excluding tert-OH is 1. The third kappa shape index (κ3) is 4.59. The van der Waals surface area contributed by atoms with Gasteiger partial charge in [-0.05, 0) is 12.1 Å². The SMILES string of the molecule is O=C(Nc1cccc(Cl)c1Cl)N[C@H](CCO)C(=O)O. The summed E-state index contributed by atoms with van der Waals surface area (Å²) in [5, 5.41) is 22.5.